The maximum atomic E-state index is 13.5. The lowest BCUT2D eigenvalue weighted by Gasteiger charge is -2.13. The minimum atomic E-state index is -4.71. The molecule has 3 aromatic heterocycles. The van der Waals surface area contributed by atoms with Gasteiger partial charge in [-0.3, -0.25) is 14.3 Å². The topological polar surface area (TPSA) is 88.9 Å². The molecule has 41 heavy (non-hydrogen) atoms. The fourth-order valence-electron chi connectivity index (χ4n) is 4.36. The van der Waals surface area contributed by atoms with Crippen LogP contribution in [0.1, 0.15) is 48.2 Å². The molecule has 0 aliphatic rings. The highest BCUT2D eigenvalue weighted by Crippen LogP contribution is 2.32. The molecule has 0 aliphatic carbocycles. The third-order valence-corrected chi connectivity index (χ3v) is 7.85. The highest BCUT2D eigenvalue weighted by Gasteiger charge is 2.34. The van der Waals surface area contributed by atoms with Crippen molar-refractivity contribution in [2.24, 2.45) is 0 Å². The number of benzene rings is 2. The van der Waals surface area contributed by atoms with E-state index in [1.165, 1.54) is 6.07 Å². The number of carbonyl (C=O) groups excluding carboxylic acids is 2. The number of pyridine rings is 1. The molecule has 12 heteroatoms. The van der Waals surface area contributed by atoms with Gasteiger partial charge >= 0.3 is 6.18 Å². The number of nitrogens with zero attached hydrogens (tertiary/aromatic N) is 3. The van der Waals surface area contributed by atoms with Gasteiger partial charge in [-0.15, -0.1) is 11.3 Å². The number of halogens is 4. The summed E-state index contributed by atoms with van der Waals surface area (Å²) in [6, 6.07) is 16.3. The molecule has 0 saturated heterocycles. The van der Waals surface area contributed by atoms with E-state index in [1.54, 1.807) is 54.1 Å². The number of aromatic nitrogens is 3. The number of hydrogen-bond acceptors (Lipinski definition) is 5. The van der Waals surface area contributed by atoms with Gasteiger partial charge in [0.05, 0.1) is 41.2 Å². The monoisotopic (exact) mass is 641 g/mol. The summed E-state index contributed by atoms with van der Waals surface area (Å²) in [5, 5.41) is 12.4. The van der Waals surface area contributed by atoms with Crippen molar-refractivity contribution in [3.05, 3.63) is 109 Å². The molecule has 5 aromatic rings. The number of hydrogen-bond donors (Lipinski definition) is 2. The lowest BCUT2D eigenvalue weighted by atomic mass is 10.1. The first-order chi connectivity index (χ1) is 19.5. The van der Waals surface area contributed by atoms with Gasteiger partial charge in [0, 0.05) is 20.3 Å². The Morgan fingerprint density at radius 1 is 1.02 bits per heavy atom. The van der Waals surface area contributed by atoms with Crippen molar-refractivity contribution in [1.82, 2.24) is 20.1 Å². The van der Waals surface area contributed by atoms with Gasteiger partial charge in [-0.05, 0) is 67.3 Å². The second-order valence-corrected chi connectivity index (χ2v) is 11.3. The summed E-state index contributed by atoms with van der Waals surface area (Å²) in [5.74, 6) is -0.880. The fourth-order valence-corrected chi connectivity index (χ4v) is 5.37. The van der Waals surface area contributed by atoms with Crippen LogP contribution in [0.5, 0.6) is 0 Å². The SMILES string of the molecule is Cc1nn(Cc2ccc(C(=O)NCc3cccs3)cc2)c(C)c1NC(=O)c1cc(C(F)(F)F)nc2ccc(Br)cc12. The standard InChI is InChI=1S/C29H23BrF3N5O2S/c1-16-26(36-28(40)23-13-25(29(31,32)33)35-24-10-9-20(30)12-22(23)24)17(2)38(37-16)15-18-5-7-19(8-6-18)27(39)34-14-21-4-3-11-41-21/h3-13H,14-15H2,1-2H3,(H,34,39)(H,36,40). The Balaban J connectivity index is 1.34. The zero-order chi connectivity index (χ0) is 29.3. The fraction of sp³-hybridized carbons (Fsp3) is 0.172. The largest absolute Gasteiger partial charge is 0.433 e. The van der Waals surface area contributed by atoms with Crippen LogP contribution in [0.4, 0.5) is 18.9 Å². The van der Waals surface area contributed by atoms with Crippen LogP contribution in [-0.2, 0) is 19.3 Å². The highest BCUT2D eigenvalue weighted by atomic mass is 79.9. The zero-order valence-corrected chi connectivity index (χ0v) is 24.2. The van der Waals surface area contributed by atoms with Crippen molar-refractivity contribution in [2.75, 3.05) is 5.32 Å². The molecule has 7 nitrogen and oxygen atoms in total. The van der Waals surface area contributed by atoms with Crippen LogP contribution in [0.15, 0.2) is 70.5 Å². The van der Waals surface area contributed by atoms with Crippen LogP contribution in [0.2, 0.25) is 0 Å². The van der Waals surface area contributed by atoms with Gasteiger partial charge in [0.2, 0.25) is 0 Å². The van der Waals surface area contributed by atoms with Crippen LogP contribution in [-0.4, -0.2) is 26.6 Å². The van der Waals surface area contributed by atoms with Gasteiger partial charge < -0.3 is 10.6 Å². The third kappa shape index (κ3) is 6.33. The van der Waals surface area contributed by atoms with Crippen molar-refractivity contribution in [1.29, 1.82) is 0 Å². The lowest BCUT2D eigenvalue weighted by molar-refractivity contribution is -0.141. The van der Waals surface area contributed by atoms with Crippen molar-refractivity contribution in [3.8, 4) is 0 Å². The molecule has 0 bridgehead atoms. The molecule has 2 aromatic carbocycles. The Morgan fingerprint density at radius 2 is 1.78 bits per heavy atom. The minimum Gasteiger partial charge on any atom is -0.347 e. The Labute approximate surface area is 245 Å². The van der Waals surface area contributed by atoms with E-state index in [1.807, 2.05) is 29.6 Å². The van der Waals surface area contributed by atoms with Crippen molar-refractivity contribution < 1.29 is 22.8 Å². The summed E-state index contributed by atoms with van der Waals surface area (Å²) in [5.41, 5.74) is 1.71. The Morgan fingerprint density at radius 3 is 2.46 bits per heavy atom. The first-order valence-electron chi connectivity index (χ1n) is 12.4. The number of anilines is 1. The van der Waals surface area contributed by atoms with Crippen LogP contribution >= 0.6 is 27.3 Å². The molecular formula is C29H23BrF3N5O2S. The Hall–Kier alpha value is -4.03. The molecular weight excluding hydrogens is 619 g/mol. The summed E-state index contributed by atoms with van der Waals surface area (Å²) in [7, 11) is 0. The van der Waals surface area contributed by atoms with E-state index < -0.39 is 17.8 Å². The molecule has 0 radical (unpaired) electrons. The van der Waals surface area contributed by atoms with E-state index in [0.29, 0.717) is 40.2 Å². The molecule has 0 fully saturated rings. The molecule has 0 saturated carbocycles. The van der Waals surface area contributed by atoms with Crippen LogP contribution in [0, 0.1) is 13.8 Å². The number of thiophene rings is 1. The van der Waals surface area contributed by atoms with Gasteiger partial charge in [-0.1, -0.05) is 34.1 Å². The minimum absolute atomic E-state index is 0.0564. The van der Waals surface area contributed by atoms with E-state index in [9.17, 15) is 22.8 Å². The number of fused-ring (bicyclic) bond motifs is 1. The first kappa shape index (κ1) is 28.5. The van der Waals surface area contributed by atoms with Crippen LogP contribution < -0.4 is 10.6 Å². The summed E-state index contributed by atoms with van der Waals surface area (Å²) in [6.07, 6.45) is -4.71. The maximum absolute atomic E-state index is 13.5. The first-order valence-corrected chi connectivity index (χ1v) is 14.1. The summed E-state index contributed by atoms with van der Waals surface area (Å²) in [6.45, 7) is 4.30. The Bertz CT molecular complexity index is 1750. The summed E-state index contributed by atoms with van der Waals surface area (Å²) in [4.78, 5) is 30.6. The van der Waals surface area contributed by atoms with E-state index in [4.69, 9.17) is 0 Å². The van der Waals surface area contributed by atoms with Gasteiger partial charge in [0.1, 0.15) is 5.69 Å². The van der Waals surface area contributed by atoms with E-state index in [2.05, 4.69) is 36.6 Å². The lowest BCUT2D eigenvalue weighted by Crippen LogP contribution is -2.22. The Kier molecular flexibility index (Phi) is 7.96. The second-order valence-electron chi connectivity index (χ2n) is 9.33. The van der Waals surface area contributed by atoms with Gasteiger partial charge in [0.25, 0.3) is 11.8 Å². The van der Waals surface area contributed by atoms with E-state index in [0.717, 1.165) is 16.5 Å². The molecule has 0 unspecified atom stereocenters. The molecule has 0 spiro atoms. The third-order valence-electron chi connectivity index (χ3n) is 6.48. The van der Waals surface area contributed by atoms with Gasteiger partial charge in [0.15, 0.2) is 0 Å². The average molecular weight is 643 g/mol. The van der Waals surface area contributed by atoms with Crippen LogP contribution in [0.25, 0.3) is 10.9 Å². The zero-order valence-electron chi connectivity index (χ0n) is 21.8. The van der Waals surface area contributed by atoms with Crippen molar-refractivity contribution >= 4 is 55.7 Å². The molecule has 210 valence electrons. The molecule has 0 aliphatic heterocycles. The van der Waals surface area contributed by atoms with Crippen LogP contribution in [0.3, 0.4) is 0 Å². The highest BCUT2D eigenvalue weighted by molar-refractivity contribution is 9.10. The number of nitrogens with one attached hydrogen (secondary N) is 2. The van der Waals surface area contributed by atoms with E-state index in [-0.39, 0.29) is 22.4 Å². The maximum Gasteiger partial charge on any atom is 0.433 e. The molecule has 2 amide bonds. The normalized spacial score (nSPS) is 11.6. The molecule has 3 heterocycles. The summed E-state index contributed by atoms with van der Waals surface area (Å²) < 4.78 is 42.9. The summed E-state index contributed by atoms with van der Waals surface area (Å²) >= 11 is 4.88. The number of alkyl halides is 3. The van der Waals surface area contributed by atoms with Crippen molar-refractivity contribution in [3.63, 3.8) is 0 Å². The predicted molar refractivity (Wildman–Crippen MR) is 155 cm³/mol. The molecule has 0 atom stereocenters. The average Bonchev–Trinajstić information content (AvgIpc) is 3.55. The second kappa shape index (κ2) is 11.5. The van der Waals surface area contributed by atoms with Crippen molar-refractivity contribution in [2.45, 2.75) is 33.1 Å². The predicted octanol–water partition coefficient (Wildman–Crippen LogP) is 7.12. The number of rotatable bonds is 7. The van der Waals surface area contributed by atoms with Gasteiger partial charge in [-0.2, -0.15) is 18.3 Å². The number of amides is 2. The molecule has 2 N–H and O–H groups in total. The smallest absolute Gasteiger partial charge is 0.347 e. The quantitative estimate of drug-likeness (QED) is 0.198. The number of carbonyl (C=O) groups is 2. The molecule has 5 rings (SSSR count). The van der Waals surface area contributed by atoms with Gasteiger partial charge in [-0.25, -0.2) is 4.98 Å². The van der Waals surface area contributed by atoms with E-state index >= 15 is 0 Å². The number of aryl methyl sites for hydroxylation is 1.